The Morgan fingerprint density at radius 3 is 3.00 bits per heavy atom. The van der Waals surface area contributed by atoms with Crippen molar-refractivity contribution in [2.75, 3.05) is 19.8 Å². The predicted octanol–water partition coefficient (Wildman–Crippen LogP) is 1.24. The van der Waals surface area contributed by atoms with Crippen molar-refractivity contribution in [2.24, 2.45) is 13.0 Å². The molecule has 0 radical (unpaired) electrons. The standard InChI is InChI=1S/C12H21N3O/c1-10-7-12(15(2)14-10)8-13-5-6-16-9-11-3-4-11/h7,11,13H,3-6,8-9H2,1-2H3. The third-order valence-electron chi connectivity index (χ3n) is 2.88. The topological polar surface area (TPSA) is 39.1 Å². The van der Waals surface area contributed by atoms with Crippen LogP contribution >= 0.6 is 0 Å². The van der Waals surface area contributed by atoms with Gasteiger partial charge in [0.2, 0.25) is 0 Å². The van der Waals surface area contributed by atoms with Crippen molar-refractivity contribution in [1.82, 2.24) is 15.1 Å². The minimum Gasteiger partial charge on any atom is -0.380 e. The fourth-order valence-corrected chi connectivity index (χ4v) is 1.72. The highest BCUT2D eigenvalue weighted by atomic mass is 16.5. The van der Waals surface area contributed by atoms with E-state index in [1.807, 2.05) is 18.7 Å². The predicted molar refractivity (Wildman–Crippen MR) is 63.2 cm³/mol. The summed E-state index contributed by atoms with van der Waals surface area (Å²) in [6.45, 7) is 5.56. The molecule has 0 atom stereocenters. The Hall–Kier alpha value is -0.870. The van der Waals surface area contributed by atoms with Crippen LogP contribution in [0.2, 0.25) is 0 Å². The number of hydrogen-bond donors (Lipinski definition) is 1. The molecule has 1 saturated carbocycles. The van der Waals surface area contributed by atoms with Crippen LogP contribution in [0.4, 0.5) is 0 Å². The first-order chi connectivity index (χ1) is 7.75. The second-order valence-electron chi connectivity index (χ2n) is 4.60. The van der Waals surface area contributed by atoms with Crippen LogP contribution in [0.1, 0.15) is 24.2 Å². The minimum absolute atomic E-state index is 0.813. The maximum atomic E-state index is 5.55. The van der Waals surface area contributed by atoms with E-state index in [0.29, 0.717) is 0 Å². The van der Waals surface area contributed by atoms with E-state index in [-0.39, 0.29) is 0 Å². The van der Waals surface area contributed by atoms with Gasteiger partial charge in [0.05, 0.1) is 18.0 Å². The minimum atomic E-state index is 0.813. The summed E-state index contributed by atoms with van der Waals surface area (Å²) in [5.74, 6) is 0.861. The van der Waals surface area contributed by atoms with Crippen molar-refractivity contribution < 1.29 is 4.74 Å². The third-order valence-corrected chi connectivity index (χ3v) is 2.88. The van der Waals surface area contributed by atoms with E-state index in [4.69, 9.17) is 4.74 Å². The maximum absolute atomic E-state index is 5.55. The summed E-state index contributed by atoms with van der Waals surface area (Å²) in [5.41, 5.74) is 2.30. The number of aryl methyl sites for hydroxylation is 2. The lowest BCUT2D eigenvalue weighted by atomic mass is 10.3. The molecule has 1 fully saturated rings. The molecule has 0 unspecified atom stereocenters. The lowest BCUT2D eigenvalue weighted by Crippen LogP contribution is -2.21. The van der Waals surface area contributed by atoms with Gasteiger partial charge in [-0.15, -0.1) is 0 Å². The summed E-state index contributed by atoms with van der Waals surface area (Å²) in [5, 5.41) is 7.67. The van der Waals surface area contributed by atoms with Crippen LogP contribution in [0.5, 0.6) is 0 Å². The van der Waals surface area contributed by atoms with Crippen LogP contribution in [0.3, 0.4) is 0 Å². The Kier molecular flexibility index (Phi) is 3.96. The van der Waals surface area contributed by atoms with Gasteiger partial charge in [0.1, 0.15) is 0 Å². The summed E-state index contributed by atoms with van der Waals surface area (Å²) in [4.78, 5) is 0. The molecule has 0 bridgehead atoms. The molecule has 16 heavy (non-hydrogen) atoms. The lowest BCUT2D eigenvalue weighted by molar-refractivity contribution is 0.126. The molecule has 4 heteroatoms. The Morgan fingerprint density at radius 1 is 1.56 bits per heavy atom. The Labute approximate surface area is 97.0 Å². The fourth-order valence-electron chi connectivity index (χ4n) is 1.72. The van der Waals surface area contributed by atoms with Gasteiger partial charge in [-0.1, -0.05) is 0 Å². The van der Waals surface area contributed by atoms with Crippen molar-refractivity contribution in [2.45, 2.75) is 26.3 Å². The SMILES string of the molecule is Cc1cc(CNCCOCC2CC2)n(C)n1. The third kappa shape index (κ3) is 3.61. The van der Waals surface area contributed by atoms with Crippen LogP contribution in [0, 0.1) is 12.8 Å². The molecule has 0 amide bonds. The van der Waals surface area contributed by atoms with Crippen LogP contribution in [-0.4, -0.2) is 29.5 Å². The van der Waals surface area contributed by atoms with Crippen molar-refractivity contribution >= 4 is 0 Å². The molecule has 1 aromatic rings. The quantitative estimate of drug-likeness (QED) is 0.707. The molecule has 2 rings (SSSR count). The number of ether oxygens (including phenoxy) is 1. The van der Waals surface area contributed by atoms with Crippen molar-refractivity contribution in [3.8, 4) is 0 Å². The molecule has 1 N–H and O–H groups in total. The monoisotopic (exact) mass is 223 g/mol. The summed E-state index contributed by atoms with van der Waals surface area (Å²) in [7, 11) is 1.98. The highest BCUT2D eigenvalue weighted by Crippen LogP contribution is 2.28. The van der Waals surface area contributed by atoms with Crippen molar-refractivity contribution in [1.29, 1.82) is 0 Å². The Balaban J connectivity index is 1.54. The molecule has 0 saturated heterocycles. The van der Waals surface area contributed by atoms with E-state index in [2.05, 4.69) is 16.5 Å². The Morgan fingerprint density at radius 2 is 2.38 bits per heavy atom. The zero-order valence-corrected chi connectivity index (χ0v) is 10.2. The van der Waals surface area contributed by atoms with E-state index in [0.717, 1.165) is 37.9 Å². The molecule has 1 aliphatic rings. The van der Waals surface area contributed by atoms with Gasteiger partial charge in [-0.25, -0.2) is 0 Å². The molecule has 0 aromatic carbocycles. The second kappa shape index (κ2) is 5.46. The second-order valence-corrected chi connectivity index (χ2v) is 4.60. The van der Waals surface area contributed by atoms with Gasteiger partial charge in [-0.05, 0) is 31.7 Å². The van der Waals surface area contributed by atoms with E-state index in [1.54, 1.807) is 0 Å². The van der Waals surface area contributed by atoms with E-state index in [1.165, 1.54) is 18.5 Å². The Bertz CT molecular complexity index is 331. The number of nitrogens with one attached hydrogen (secondary N) is 1. The lowest BCUT2D eigenvalue weighted by Gasteiger charge is -2.05. The summed E-state index contributed by atoms with van der Waals surface area (Å²) in [6.07, 6.45) is 2.73. The van der Waals surface area contributed by atoms with Crippen LogP contribution in [0.25, 0.3) is 0 Å². The van der Waals surface area contributed by atoms with Crippen LogP contribution < -0.4 is 5.32 Å². The van der Waals surface area contributed by atoms with Crippen molar-refractivity contribution in [3.63, 3.8) is 0 Å². The van der Waals surface area contributed by atoms with E-state index >= 15 is 0 Å². The number of hydrogen-bond acceptors (Lipinski definition) is 3. The average Bonchev–Trinajstić information content (AvgIpc) is 2.99. The van der Waals surface area contributed by atoms with Gasteiger partial charge in [0.15, 0.2) is 0 Å². The van der Waals surface area contributed by atoms with Crippen LogP contribution in [0.15, 0.2) is 6.07 Å². The molecule has 0 aliphatic heterocycles. The molecule has 4 nitrogen and oxygen atoms in total. The van der Waals surface area contributed by atoms with Crippen LogP contribution in [-0.2, 0) is 18.3 Å². The van der Waals surface area contributed by atoms with Gasteiger partial charge in [0.25, 0.3) is 0 Å². The summed E-state index contributed by atoms with van der Waals surface area (Å²) >= 11 is 0. The molecule has 1 heterocycles. The van der Waals surface area contributed by atoms with Gasteiger partial charge >= 0.3 is 0 Å². The van der Waals surface area contributed by atoms with E-state index < -0.39 is 0 Å². The van der Waals surface area contributed by atoms with Gasteiger partial charge in [-0.2, -0.15) is 5.10 Å². The fraction of sp³-hybridized carbons (Fsp3) is 0.750. The number of rotatable bonds is 7. The van der Waals surface area contributed by atoms with E-state index in [9.17, 15) is 0 Å². The largest absolute Gasteiger partial charge is 0.380 e. The zero-order valence-electron chi connectivity index (χ0n) is 10.2. The smallest absolute Gasteiger partial charge is 0.0597 e. The molecule has 1 aromatic heterocycles. The van der Waals surface area contributed by atoms with Gasteiger partial charge < -0.3 is 10.1 Å². The molecular weight excluding hydrogens is 202 g/mol. The van der Waals surface area contributed by atoms with Crippen molar-refractivity contribution in [3.05, 3.63) is 17.5 Å². The first kappa shape index (κ1) is 11.6. The summed E-state index contributed by atoms with van der Waals surface area (Å²) < 4.78 is 7.47. The average molecular weight is 223 g/mol. The normalized spacial score (nSPS) is 15.6. The van der Waals surface area contributed by atoms with Gasteiger partial charge in [-0.3, -0.25) is 4.68 Å². The first-order valence-electron chi connectivity index (χ1n) is 6.03. The van der Waals surface area contributed by atoms with Gasteiger partial charge in [0, 0.05) is 26.7 Å². The molecule has 1 aliphatic carbocycles. The molecule has 90 valence electrons. The highest BCUT2D eigenvalue weighted by Gasteiger charge is 2.20. The first-order valence-corrected chi connectivity index (χ1v) is 6.03. The number of nitrogens with zero attached hydrogens (tertiary/aromatic N) is 2. The molecule has 0 spiro atoms. The summed E-state index contributed by atoms with van der Waals surface area (Å²) in [6, 6.07) is 2.11. The number of aromatic nitrogens is 2. The molecular formula is C12H21N3O. The maximum Gasteiger partial charge on any atom is 0.0597 e. The highest BCUT2D eigenvalue weighted by molar-refractivity contribution is 5.08. The zero-order chi connectivity index (χ0) is 11.4.